The van der Waals surface area contributed by atoms with Crippen molar-refractivity contribution in [2.75, 3.05) is 33.8 Å². The number of rotatable bonds is 5. The lowest BCUT2D eigenvalue weighted by Gasteiger charge is -2.29. The van der Waals surface area contributed by atoms with E-state index in [1.807, 2.05) is 0 Å². The van der Waals surface area contributed by atoms with Gasteiger partial charge in [-0.1, -0.05) is 6.07 Å². The molecule has 3 heteroatoms. The van der Waals surface area contributed by atoms with Crippen LogP contribution in [0.4, 0.5) is 0 Å². The Morgan fingerprint density at radius 1 is 1.24 bits per heavy atom. The molecule has 3 nitrogen and oxygen atoms in total. The van der Waals surface area contributed by atoms with Crippen molar-refractivity contribution >= 4 is 0 Å². The van der Waals surface area contributed by atoms with Gasteiger partial charge in [0.25, 0.3) is 0 Å². The van der Waals surface area contributed by atoms with Gasteiger partial charge in [0, 0.05) is 6.04 Å². The Balaban J connectivity index is 1.49. The van der Waals surface area contributed by atoms with Crippen LogP contribution in [0.3, 0.4) is 0 Å². The molecule has 0 bridgehead atoms. The van der Waals surface area contributed by atoms with Gasteiger partial charge in [-0.3, -0.25) is 0 Å². The molecule has 1 heterocycles. The number of likely N-dealkylation sites (tertiary alicyclic amines) is 1. The van der Waals surface area contributed by atoms with Crippen LogP contribution in [0.1, 0.15) is 42.9 Å². The van der Waals surface area contributed by atoms with Crippen LogP contribution in [0, 0.1) is 5.92 Å². The largest absolute Gasteiger partial charge is 0.497 e. The second-order valence-corrected chi connectivity index (χ2v) is 6.65. The second-order valence-electron chi connectivity index (χ2n) is 6.65. The molecule has 0 aromatic heterocycles. The Labute approximate surface area is 128 Å². The van der Waals surface area contributed by atoms with E-state index in [0.29, 0.717) is 6.04 Å². The fourth-order valence-corrected chi connectivity index (χ4v) is 3.73. The van der Waals surface area contributed by atoms with Crippen molar-refractivity contribution in [1.29, 1.82) is 0 Å². The van der Waals surface area contributed by atoms with Gasteiger partial charge in [0.05, 0.1) is 7.11 Å². The van der Waals surface area contributed by atoms with Crippen LogP contribution in [0.15, 0.2) is 18.2 Å². The number of ether oxygens (including phenoxy) is 1. The minimum absolute atomic E-state index is 0.529. The van der Waals surface area contributed by atoms with Crippen LogP contribution < -0.4 is 10.1 Å². The Morgan fingerprint density at radius 2 is 2.05 bits per heavy atom. The first kappa shape index (κ1) is 14.9. The van der Waals surface area contributed by atoms with Gasteiger partial charge in [0.1, 0.15) is 5.75 Å². The molecule has 1 aromatic carbocycles. The molecule has 1 aliphatic carbocycles. The zero-order chi connectivity index (χ0) is 14.7. The monoisotopic (exact) mass is 288 g/mol. The van der Waals surface area contributed by atoms with Crippen LogP contribution in [0.2, 0.25) is 0 Å². The molecular formula is C18H28N2O. The summed E-state index contributed by atoms with van der Waals surface area (Å²) in [6, 6.07) is 7.06. The highest BCUT2D eigenvalue weighted by Crippen LogP contribution is 2.33. The average molecular weight is 288 g/mol. The first-order valence-corrected chi connectivity index (χ1v) is 8.35. The minimum Gasteiger partial charge on any atom is -0.497 e. The molecule has 1 aliphatic heterocycles. The summed E-state index contributed by atoms with van der Waals surface area (Å²) in [6.45, 7) is 3.69. The van der Waals surface area contributed by atoms with E-state index in [2.05, 4.69) is 35.5 Å². The van der Waals surface area contributed by atoms with Crippen LogP contribution >= 0.6 is 0 Å². The van der Waals surface area contributed by atoms with Crippen molar-refractivity contribution in [2.24, 2.45) is 5.92 Å². The molecule has 2 aliphatic rings. The van der Waals surface area contributed by atoms with Crippen molar-refractivity contribution in [2.45, 2.75) is 38.1 Å². The summed E-state index contributed by atoms with van der Waals surface area (Å²) < 4.78 is 5.37. The summed E-state index contributed by atoms with van der Waals surface area (Å²) in [5.41, 5.74) is 2.95. The normalized spacial score (nSPS) is 23.2. The van der Waals surface area contributed by atoms with E-state index in [4.69, 9.17) is 4.74 Å². The van der Waals surface area contributed by atoms with Crippen LogP contribution in [0.5, 0.6) is 5.75 Å². The number of hydrogen-bond donors (Lipinski definition) is 1. The Hall–Kier alpha value is -1.06. The molecule has 0 saturated carbocycles. The SMILES string of the molecule is COc1ccc2c(c1)C(NCCC1CCN(C)CC1)CC2. The van der Waals surface area contributed by atoms with Crippen LogP contribution in [0.25, 0.3) is 0 Å². The third-order valence-electron chi connectivity index (χ3n) is 5.21. The fourth-order valence-electron chi connectivity index (χ4n) is 3.73. The number of fused-ring (bicyclic) bond motifs is 1. The predicted octanol–water partition coefficient (Wildman–Crippen LogP) is 3.00. The van der Waals surface area contributed by atoms with Crippen molar-refractivity contribution in [1.82, 2.24) is 10.2 Å². The number of aryl methyl sites for hydroxylation is 1. The number of hydrogen-bond acceptors (Lipinski definition) is 3. The zero-order valence-electron chi connectivity index (χ0n) is 13.4. The smallest absolute Gasteiger partial charge is 0.119 e. The van der Waals surface area contributed by atoms with Crippen molar-refractivity contribution in [3.05, 3.63) is 29.3 Å². The highest BCUT2D eigenvalue weighted by atomic mass is 16.5. The van der Waals surface area contributed by atoms with E-state index in [0.717, 1.165) is 18.2 Å². The van der Waals surface area contributed by atoms with E-state index in [1.165, 1.54) is 56.3 Å². The Bertz CT molecular complexity index is 466. The van der Waals surface area contributed by atoms with Crippen molar-refractivity contribution in [3.63, 3.8) is 0 Å². The van der Waals surface area contributed by atoms with E-state index in [9.17, 15) is 0 Å². The molecule has 1 N–H and O–H groups in total. The third kappa shape index (κ3) is 3.58. The molecule has 1 aromatic rings. The molecule has 21 heavy (non-hydrogen) atoms. The van der Waals surface area contributed by atoms with Crippen LogP contribution in [-0.2, 0) is 6.42 Å². The molecule has 0 spiro atoms. The topological polar surface area (TPSA) is 24.5 Å². The molecule has 1 saturated heterocycles. The molecule has 1 unspecified atom stereocenters. The second kappa shape index (κ2) is 6.80. The lowest BCUT2D eigenvalue weighted by molar-refractivity contribution is 0.210. The van der Waals surface area contributed by atoms with E-state index in [1.54, 1.807) is 7.11 Å². The first-order valence-electron chi connectivity index (χ1n) is 8.35. The number of benzene rings is 1. The Morgan fingerprint density at radius 3 is 2.81 bits per heavy atom. The lowest BCUT2D eigenvalue weighted by atomic mass is 9.93. The lowest BCUT2D eigenvalue weighted by Crippen LogP contribution is -2.32. The number of methoxy groups -OCH3 is 1. The fraction of sp³-hybridized carbons (Fsp3) is 0.667. The highest BCUT2D eigenvalue weighted by molar-refractivity contribution is 5.40. The number of nitrogens with zero attached hydrogens (tertiary/aromatic N) is 1. The van der Waals surface area contributed by atoms with Gasteiger partial charge in [-0.2, -0.15) is 0 Å². The molecule has 1 fully saturated rings. The quantitative estimate of drug-likeness (QED) is 0.901. The van der Waals surface area contributed by atoms with Gasteiger partial charge < -0.3 is 15.0 Å². The van der Waals surface area contributed by atoms with E-state index >= 15 is 0 Å². The molecule has 3 rings (SSSR count). The van der Waals surface area contributed by atoms with E-state index in [-0.39, 0.29) is 0 Å². The van der Waals surface area contributed by atoms with Crippen molar-refractivity contribution < 1.29 is 4.74 Å². The number of piperidine rings is 1. The van der Waals surface area contributed by atoms with Gasteiger partial charge in [-0.05, 0) is 88.0 Å². The number of nitrogens with one attached hydrogen (secondary N) is 1. The maximum atomic E-state index is 5.37. The summed E-state index contributed by atoms with van der Waals surface area (Å²) in [5.74, 6) is 1.90. The van der Waals surface area contributed by atoms with Gasteiger partial charge >= 0.3 is 0 Å². The van der Waals surface area contributed by atoms with Gasteiger partial charge in [0.15, 0.2) is 0 Å². The van der Waals surface area contributed by atoms with Crippen LogP contribution in [-0.4, -0.2) is 38.7 Å². The molecule has 1 atom stereocenters. The predicted molar refractivity (Wildman–Crippen MR) is 86.9 cm³/mol. The van der Waals surface area contributed by atoms with Gasteiger partial charge in [-0.15, -0.1) is 0 Å². The minimum atomic E-state index is 0.529. The summed E-state index contributed by atoms with van der Waals surface area (Å²) >= 11 is 0. The molecule has 0 amide bonds. The first-order chi connectivity index (χ1) is 10.3. The summed E-state index contributed by atoms with van der Waals surface area (Å²) in [5, 5.41) is 3.78. The maximum Gasteiger partial charge on any atom is 0.119 e. The third-order valence-corrected chi connectivity index (χ3v) is 5.21. The molecular weight excluding hydrogens is 260 g/mol. The maximum absolute atomic E-state index is 5.37. The molecule has 116 valence electrons. The van der Waals surface area contributed by atoms with Gasteiger partial charge in [0.2, 0.25) is 0 Å². The average Bonchev–Trinajstić information content (AvgIpc) is 2.91. The summed E-state index contributed by atoms with van der Waals surface area (Å²) in [7, 11) is 3.98. The molecule has 0 radical (unpaired) electrons. The zero-order valence-corrected chi connectivity index (χ0v) is 13.4. The van der Waals surface area contributed by atoms with Gasteiger partial charge in [-0.25, -0.2) is 0 Å². The standard InChI is InChI=1S/C18H28N2O/c1-20-11-8-14(9-12-20)7-10-19-18-6-4-15-3-5-16(21-2)13-17(15)18/h3,5,13-14,18-19H,4,6-12H2,1-2H3. The summed E-state index contributed by atoms with van der Waals surface area (Å²) in [4.78, 5) is 2.45. The Kier molecular flexibility index (Phi) is 4.81. The van der Waals surface area contributed by atoms with Crippen molar-refractivity contribution in [3.8, 4) is 5.75 Å². The summed E-state index contributed by atoms with van der Waals surface area (Å²) in [6.07, 6.45) is 6.49. The van der Waals surface area contributed by atoms with E-state index < -0.39 is 0 Å². The highest BCUT2D eigenvalue weighted by Gasteiger charge is 2.23.